The van der Waals surface area contributed by atoms with Gasteiger partial charge in [-0.1, -0.05) is 32.0 Å². The summed E-state index contributed by atoms with van der Waals surface area (Å²) in [7, 11) is 0. The first-order valence-electron chi connectivity index (χ1n) is 10.4. The summed E-state index contributed by atoms with van der Waals surface area (Å²) in [4.78, 5) is 40.9. The smallest absolute Gasteiger partial charge is 0.256 e. The van der Waals surface area contributed by atoms with Crippen LogP contribution in [0.2, 0.25) is 0 Å². The zero-order valence-electron chi connectivity index (χ0n) is 17.4. The first-order valence-corrected chi connectivity index (χ1v) is 11.3. The fourth-order valence-corrected chi connectivity index (χ4v) is 5.88. The second kappa shape index (κ2) is 7.35. The second-order valence-electron chi connectivity index (χ2n) is 9.25. The molecule has 1 saturated carbocycles. The van der Waals surface area contributed by atoms with E-state index in [1.807, 2.05) is 52.0 Å². The summed E-state index contributed by atoms with van der Waals surface area (Å²) in [5.41, 5.74) is 1.64. The Morgan fingerprint density at radius 2 is 1.93 bits per heavy atom. The Morgan fingerprint density at radius 1 is 1.24 bits per heavy atom. The van der Waals surface area contributed by atoms with Gasteiger partial charge in [-0.15, -0.1) is 11.8 Å². The van der Waals surface area contributed by atoms with Crippen LogP contribution in [-0.2, 0) is 9.59 Å². The molecule has 1 unspecified atom stereocenters. The summed E-state index contributed by atoms with van der Waals surface area (Å²) in [6.45, 7) is 8.07. The molecule has 2 heterocycles. The van der Waals surface area contributed by atoms with Gasteiger partial charge >= 0.3 is 0 Å². The third-order valence-corrected chi connectivity index (χ3v) is 7.34. The van der Waals surface area contributed by atoms with E-state index in [4.69, 9.17) is 0 Å². The van der Waals surface area contributed by atoms with Gasteiger partial charge < -0.3 is 15.5 Å². The molecule has 4 rings (SSSR count). The molecule has 7 heteroatoms. The van der Waals surface area contributed by atoms with Crippen molar-refractivity contribution < 1.29 is 14.4 Å². The predicted octanol–water partition coefficient (Wildman–Crippen LogP) is 2.84. The molecule has 3 aliphatic rings. The molecule has 0 spiro atoms. The highest BCUT2D eigenvalue weighted by Crippen LogP contribution is 2.56. The van der Waals surface area contributed by atoms with Gasteiger partial charge in [-0.3, -0.25) is 14.4 Å². The second-order valence-corrected chi connectivity index (χ2v) is 11.0. The quantitative estimate of drug-likeness (QED) is 0.749. The number of amides is 3. The third-order valence-electron chi connectivity index (χ3n) is 5.81. The van der Waals surface area contributed by atoms with E-state index in [0.29, 0.717) is 12.0 Å². The van der Waals surface area contributed by atoms with Crippen LogP contribution in [0.4, 0.5) is 0 Å². The van der Waals surface area contributed by atoms with Gasteiger partial charge in [-0.2, -0.15) is 0 Å². The molecule has 1 saturated heterocycles. The van der Waals surface area contributed by atoms with Gasteiger partial charge in [-0.25, -0.2) is 0 Å². The van der Waals surface area contributed by atoms with Crippen molar-refractivity contribution in [3.8, 4) is 0 Å². The van der Waals surface area contributed by atoms with Crippen molar-refractivity contribution in [1.29, 1.82) is 0 Å². The number of carbonyl (C=O) groups excluding carboxylic acids is 3. The standard InChI is InChI=1S/C22H29N3O3S/c1-12(2)11-16(18(26)23-13-9-10-13)24-19(27)17-22(3,4)29-21-15-8-6-5-7-14(15)20(28)25(17)21/h5-8,12-13,16-17,21H,9-11H2,1-4H3,(H,23,26)(H,24,27)/t16-,17+,21?/m0/s1. The van der Waals surface area contributed by atoms with Gasteiger partial charge in [0.25, 0.3) is 5.91 Å². The van der Waals surface area contributed by atoms with Crippen LogP contribution in [0.1, 0.15) is 68.3 Å². The monoisotopic (exact) mass is 415 g/mol. The molecule has 0 radical (unpaired) electrons. The predicted molar refractivity (Wildman–Crippen MR) is 113 cm³/mol. The van der Waals surface area contributed by atoms with Crippen molar-refractivity contribution in [1.82, 2.24) is 15.5 Å². The molecule has 2 N–H and O–H groups in total. The lowest BCUT2D eigenvalue weighted by molar-refractivity contribution is -0.132. The summed E-state index contributed by atoms with van der Waals surface area (Å²) in [5.74, 6) is -0.207. The van der Waals surface area contributed by atoms with Crippen LogP contribution >= 0.6 is 11.8 Å². The van der Waals surface area contributed by atoms with E-state index in [1.165, 1.54) is 0 Å². The molecular weight excluding hydrogens is 386 g/mol. The van der Waals surface area contributed by atoms with E-state index in [0.717, 1.165) is 18.4 Å². The number of rotatable bonds is 6. The van der Waals surface area contributed by atoms with Crippen LogP contribution < -0.4 is 10.6 Å². The molecule has 1 aliphatic carbocycles. The highest BCUT2D eigenvalue weighted by Gasteiger charge is 2.57. The Balaban J connectivity index is 1.56. The third kappa shape index (κ3) is 3.77. The lowest BCUT2D eigenvalue weighted by atomic mass is 9.98. The maximum absolute atomic E-state index is 13.4. The molecule has 0 aromatic heterocycles. The van der Waals surface area contributed by atoms with E-state index < -0.39 is 16.8 Å². The van der Waals surface area contributed by atoms with Crippen LogP contribution in [0.3, 0.4) is 0 Å². The molecular formula is C22H29N3O3S. The van der Waals surface area contributed by atoms with E-state index >= 15 is 0 Å². The van der Waals surface area contributed by atoms with Gasteiger partial charge in [0.2, 0.25) is 11.8 Å². The van der Waals surface area contributed by atoms with Crippen LogP contribution in [0.25, 0.3) is 0 Å². The topological polar surface area (TPSA) is 78.5 Å². The van der Waals surface area contributed by atoms with Gasteiger partial charge in [0.1, 0.15) is 17.5 Å². The largest absolute Gasteiger partial charge is 0.352 e. The molecule has 3 atom stereocenters. The SMILES string of the molecule is CC(C)C[C@H](NC(=O)[C@H]1N2C(=O)c3ccccc3C2SC1(C)C)C(=O)NC1CC1. The molecule has 6 nitrogen and oxygen atoms in total. The summed E-state index contributed by atoms with van der Waals surface area (Å²) < 4.78 is -0.451. The van der Waals surface area contributed by atoms with Crippen molar-refractivity contribution in [2.45, 2.75) is 75.2 Å². The zero-order chi connectivity index (χ0) is 20.9. The fourth-order valence-electron chi connectivity index (χ4n) is 4.29. The Hall–Kier alpha value is -2.02. The number of carbonyl (C=O) groups is 3. The van der Waals surface area contributed by atoms with Crippen LogP contribution in [0.15, 0.2) is 24.3 Å². The van der Waals surface area contributed by atoms with Crippen molar-refractivity contribution >= 4 is 29.5 Å². The molecule has 2 aliphatic heterocycles. The van der Waals surface area contributed by atoms with Crippen molar-refractivity contribution in [3.63, 3.8) is 0 Å². The number of thioether (sulfide) groups is 1. The van der Waals surface area contributed by atoms with Gasteiger partial charge in [0.15, 0.2) is 0 Å². The minimum absolute atomic E-state index is 0.105. The maximum Gasteiger partial charge on any atom is 0.256 e. The van der Waals surface area contributed by atoms with E-state index in [2.05, 4.69) is 10.6 Å². The normalized spacial score (nSPS) is 25.6. The first-order chi connectivity index (χ1) is 13.7. The summed E-state index contributed by atoms with van der Waals surface area (Å²) in [5, 5.41) is 5.83. The van der Waals surface area contributed by atoms with Gasteiger partial charge in [0.05, 0.1) is 0 Å². The summed E-state index contributed by atoms with van der Waals surface area (Å²) >= 11 is 1.64. The van der Waals surface area contributed by atoms with Crippen LogP contribution in [-0.4, -0.2) is 45.5 Å². The van der Waals surface area contributed by atoms with Crippen molar-refractivity contribution in [2.24, 2.45) is 5.92 Å². The Labute approximate surface area is 176 Å². The number of hydrogen-bond donors (Lipinski definition) is 2. The molecule has 1 aromatic carbocycles. The summed E-state index contributed by atoms with van der Waals surface area (Å²) in [6, 6.07) is 6.60. The molecule has 0 bridgehead atoms. The lowest BCUT2D eigenvalue weighted by Gasteiger charge is -2.31. The molecule has 2 fully saturated rings. The van der Waals surface area contributed by atoms with E-state index in [1.54, 1.807) is 16.7 Å². The minimum atomic E-state index is -0.624. The highest BCUT2D eigenvalue weighted by molar-refractivity contribution is 8.01. The van der Waals surface area contributed by atoms with Crippen molar-refractivity contribution in [3.05, 3.63) is 35.4 Å². The molecule has 156 valence electrons. The molecule has 1 aromatic rings. The average Bonchev–Trinajstić information content (AvgIpc) is 3.36. The Bertz CT molecular complexity index is 849. The Morgan fingerprint density at radius 3 is 2.59 bits per heavy atom. The summed E-state index contributed by atoms with van der Waals surface area (Å²) in [6.07, 6.45) is 2.58. The maximum atomic E-state index is 13.4. The molecule has 3 amide bonds. The number of nitrogens with zero attached hydrogens (tertiary/aromatic N) is 1. The van der Waals surface area contributed by atoms with Gasteiger partial charge in [-0.05, 0) is 50.7 Å². The zero-order valence-corrected chi connectivity index (χ0v) is 18.2. The van der Waals surface area contributed by atoms with Crippen LogP contribution in [0, 0.1) is 5.92 Å². The highest BCUT2D eigenvalue weighted by atomic mass is 32.2. The number of hydrogen-bond acceptors (Lipinski definition) is 4. The minimum Gasteiger partial charge on any atom is -0.352 e. The van der Waals surface area contributed by atoms with Crippen LogP contribution in [0.5, 0.6) is 0 Å². The number of fused-ring (bicyclic) bond motifs is 3. The van der Waals surface area contributed by atoms with E-state index in [-0.39, 0.29) is 35.1 Å². The lowest BCUT2D eigenvalue weighted by Crippen LogP contribution is -2.57. The fraction of sp³-hybridized carbons (Fsp3) is 0.591. The average molecular weight is 416 g/mol. The Kier molecular flexibility index (Phi) is 5.13. The van der Waals surface area contributed by atoms with Crippen molar-refractivity contribution in [2.75, 3.05) is 0 Å². The number of benzene rings is 1. The number of nitrogens with one attached hydrogen (secondary N) is 2. The van der Waals surface area contributed by atoms with E-state index in [9.17, 15) is 14.4 Å². The van der Waals surface area contributed by atoms with Gasteiger partial charge in [0, 0.05) is 16.4 Å². The first kappa shape index (κ1) is 20.3. The molecule has 29 heavy (non-hydrogen) atoms.